The summed E-state index contributed by atoms with van der Waals surface area (Å²) in [5, 5.41) is 11.0. The average molecular weight is 318 g/mol. The molecule has 0 aromatic carbocycles. The lowest BCUT2D eigenvalue weighted by atomic mass is 10.1. The summed E-state index contributed by atoms with van der Waals surface area (Å²) in [4.78, 5) is 14.3. The SMILES string of the molecule is C[C@H]1CNCCN1C(=O)c1ccc2nncn2c1.Cl.Cl. The number of aromatic nitrogens is 3. The van der Waals surface area contributed by atoms with Crippen LogP contribution in [0.3, 0.4) is 0 Å². The Hall–Kier alpha value is -1.37. The molecule has 1 aliphatic rings. The fourth-order valence-corrected chi connectivity index (χ4v) is 2.26. The van der Waals surface area contributed by atoms with Crippen molar-refractivity contribution in [3.63, 3.8) is 0 Å². The molecule has 8 heteroatoms. The van der Waals surface area contributed by atoms with E-state index in [1.165, 1.54) is 0 Å². The van der Waals surface area contributed by atoms with Crippen LogP contribution in [-0.4, -0.2) is 51.1 Å². The molecule has 2 aromatic rings. The molecule has 0 radical (unpaired) electrons. The summed E-state index contributed by atoms with van der Waals surface area (Å²) in [6, 6.07) is 3.84. The minimum absolute atomic E-state index is 0. The summed E-state index contributed by atoms with van der Waals surface area (Å²) in [5.74, 6) is 0.0691. The number of rotatable bonds is 1. The van der Waals surface area contributed by atoms with E-state index in [2.05, 4.69) is 22.4 Å². The first-order valence-corrected chi connectivity index (χ1v) is 6.07. The predicted octanol–water partition coefficient (Wildman–Crippen LogP) is 1.01. The standard InChI is InChI=1S/C12H15N5O.2ClH/c1-9-6-13-4-5-17(9)12(18)10-2-3-11-15-14-8-16(11)7-10;;/h2-3,7-9,13H,4-6H2,1H3;2*1H/t9-;;/m0../s1. The first-order chi connectivity index (χ1) is 8.75. The zero-order valence-electron chi connectivity index (χ0n) is 11.0. The van der Waals surface area contributed by atoms with Crippen LogP contribution in [0.5, 0.6) is 0 Å². The first-order valence-electron chi connectivity index (χ1n) is 6.07. The van der Waals surface area contributed by atoms with Crippen molar-refractivity contribution in [3.05, 3.63) is 30.2 Å². The molecule has 3 heterocycles. The number of nitrogens with one attached hydrogen (secondary N) is 1. The van der Waals surface area contributed by atoms with Crippen molar-refractivity contribution < 1.29 is 4.79 Å². The van der Waals surface area contributed by atoms with Crippen LogP contribution < -0.4 is 5.32 Å². The van der Waals surface area contributed by atoms with E-state index in [0.29, 0.717) is 5.56 Å². The van der Waals surface area contributed by atoms with E-state index in [-0.39, 0.29) is 36.8 Å². The van der Waals surface area contributed by atoms with Gasteiger partial charge in [0, 0.05) is 31.9 Å². The van der Waals surface area contributed by atoms with Gasteiger partial charge in [0.1, 0.15) is 6.33 Å². The Bertz CT molecular complexity index is 588. The summed E-state index contributed by atoms with van der Waals surface area (Å²) in [6.07, 6.45) is 3.39. The Morgan fingerprint density at radius 3 is 2.95 bits per heavy atom. The smallest absolute Gasteiger partial charge is 0.255 e. The molecule has 1 N–H and O–H groups in total. The molecule has 1 atom stereocenters. The van der Waals surface area contributed by atoms with Crippen LogP contribution in [-0.2, 0) is 0 Å². The molecule has 2 aromatic heterocycles. The molecule has 20 heavy (non-hydrogen) atoms. The monoisotopic (exact) mass is 317 g/mol. The summed E-state index contributed by atoms with van der Waals surface area (Å²) in [7, 11) is 0. The summed E-state index contributed by atoms with van der Waals surface area (Å²) in [6.45, 7) is 4.51. The molecule has 1 amide bonds. The summed E-state index contributed by atoms with van der Waals surface area (Å²) in [5.41, 5.74) is 1.43. The minimum atomic E-state index is 0. The number of amides is 1. The molecule has 0 saturated carbocycles. The second kappa shape index (κ2) is 6.88. The molecule has 0 bridgehead atoms. The van der Waals surface area contributed by atoms with E-state index in [1.807, 2.05) is 11.0 Å². The van der Waals surface area contributed by atoms with Crippen molar-refractivity contribution in [1.29, 1.82) is 0 Å². The largest absolute Gasteiger partial charge is 0.333 e. The van der Waals surface area contributed by atoms with E-state index in [4.69, 9.17) is 0 Å². The van der Waals surface area contributed by atoms with Gasteiger partial charge in [-0.15, -0.1) is 35.0 Å². The van der Waals surface area contributed by atoms with Gasteiger partial charge in [0.15, 0.2) is 5.65 Å². The van der Waals surface area contributed by atoms with E-state index >= 15 is 0 Å². The molecule has 0 spiro atoms. The zero-order chi connectivity index (χ0) is 12.5. The van der Waals surface area contributed by atoms with Gasteiger partial charge in [0.05, 0.1) is 5.56 Å². The van der Waals surface area contributed by atoms with Crippen LogP contribution in [0.25, 0.3) is 5.65 Å². The second-order valence-corrected chi connectivity index (χ2v) is 4.57. The third-order valence-corrected chi connectivity index (χ3v) is 3.30. The summed E-state index contributed by atoms with van der Waals surface area (Å²) < 4.78 is 1.76. The number of pyridine rings is 1. The number of halogens is 2. The van der Waals surface area contributed by atoms with Gasteiger partial charge in [-0.05, 0) is 19.1 Å². The summed E-state index contributed by atoms with van der Waals surface area (Å²) >= 11 is 0. The van der Waals surface area contributed by atoms with Gasteiger partial charge in [0.2, 0.25) is 0 Å². The lowest BCUT2D eigenvalue weighted by Gasteiger charge is -2.34. The maximum absolute atomic E-state index is 12.4. The van der Waals surface area contributed by atoms with E-state index in [9.17, 15) is 4.79 Å². The van der Waals surface area contributed by atoms with Crippen molar-refractivity contribution in [2.24, 2.45) is 0 Å². The Labute approximate surface area is 129 Å². The number of hydrogen-bond acceptors (Lipinski definition) is 4. The quantitative estimate of drug-likeness (QED) is 0.852. The third-order valence-electron chi connectivity index (χ3n) is 3.30. The maximum atomic E-state index is 12.4. The highest BCUT2D eigenvalue weighted by molar-refractivity contribution is 5.94. The van der Waals surface area contributed by atoms with E-state index in [0.717, 1.165) is 25.3 Å². The van der Waals surface area contributed by atoms with Crippen LogP contribution in [0.4, 0.5) is 0 Å². The van der Waals surface area contributed by atoms with Gasteiger partial charge in [-0.1, -0.05) is 0 Å². The molecule has 3 rings (SSSR count). The van der Waals surface area contributed by atoms with Gasteiger partial charge in [-0.25, -0.2) is 0 Å². The van der Waals surface area contributed by atoms with Gasteiger partial charge < -0.3 is 10.2 Å². The topological polar surface area (TPSA) is 62.5 Å². The highest BCUT2D eigenvalue weighted by Gasteiger charge is 2.24. The predicted molar refractivity (Wildman–Crippen MR) is 80.9 cm³/mol. The number of carbonyl (C=O) groups excluding carboxylic acids is 1. The maximum Gasteiger partial charge on any atom is 0.255 e. The lowest BCUT2D eigenvalue weighted by molar-refractivity contribution is 0.0655. The van der Waals surface area contributed by atoms with Crippen LogP contribution in [0.2, 0.25) is 0 Å². The molecular formula is C12H17Cl2N5O. The molecule has 0 aliphatic carbocycles. The highest BCUT2D eigenvalue weighted by Crippen LogP contribution is 2.11. The number of carbonyl (C=O) groups is 1. The normalized spacial score (nSPS) is 18.2. The first kappa shape index (κ1) is 16.7. The van der Waals surface area contributed by atoms with Crippen molar-refractivity contribution in [3.8, 4) is 0 Å². The molecular weight excluding hydrogens is 301 g/mol. The minimum Gasteiger partial charge on any atom is -0.333 e. The molecule has 110 valence electrons. The number of nitrogens with zero attached hydrogens (tertiary/aromatic N) is 4. The van der Waals surface area contributed by atoms with Crippen molar-refractivity contribution in [2.75, 3.05) is 19.6 Å². The van der Waals surface area contributed by atoms with Crippen LogP contribution >= 0.6 is 24.8 Å². The van der Waals surface area contributed by atoms with Gasteiger partial charge in [-0.2, -0.15) is 0 Å². The van der Waals surface area contributed by atoms with Crippen LogP contribution in [0.15, 0.2) is 24.7 Å². The van der Waals surface area contributed by atoms with Gasteiger partial charge >= 0.3 is 0 Å². The number of piperazine rings is 1. The Balaban J connectivity index is 0.000001000. The van der Waals surface area contributed by atoms with Crippen LogP contribution in [0.1, 0.15) is 17.3 Å². The van der Waals surface area contributed by atoms with Gasteiger partial charge in [-0.3, -0.25) is 9.20 Å². The third kappa shape index (κ3) is 3.03. The second-order valence-electron chi connectivity index (χ2n) is 4.57. The lowest BCUT2D eigenvalue weighted by Crippen LogP contribution is -2.52. The van der Waals surface area contributed by atoms with Crippen molar-refractivity contribution >= 4 is 36.4 Å². The Morgan fingerprint density at radius 1 is 1.40 bits per heavy atom. The number of fused-ring (bicyclic) bond motifs is 1. The van der Waals surface area contributed by atoms with Gasteiger partial charge in [0.25, 0.3) is 5.91 Å². The Kier molecular flexibility index (Phi) is 5.74. The fourth-order valence-electron chi connectivity index (χ4n) is 2.26. The number of hydrogen-bond donors (Lipinski definition) is 1. The van der Waals surface area contributed by atoms with E-state index in [1.54, 1.807) is 23.0 Å². The molecule has 0 unspecified atom stereocenters. The van der Waals surface area contributed by atoms with Crippen LogP contribution in [0, 0.1) is 0 Å². The average Bonchev–Trinajstić information content (AvgIpc) is 2.85. The molecule has 1 fully saturated rings. The zero-order valence-corrected chi connectivity index (χ0v) is 12.7. The van der Waals surface area contributed by atoms with Crippen molar-refractivity contribution in [1.82, 2.24) is 24.8 Å². The van der Waals surface area contributed by atoms with E-state index < -0.39 is 0 Å². The molecule has 1 aliphatic heterocycles. The molecule has 1 saturated heterocycles. The highest BCUT2D eigenvalue weighted by atomic mass is 35.5. The molecule has 6 nitrogen and oxygen atoms in total. The fraction of sp³-hybridized carbons (Fsp3) is 0.417. The Morgan fingerprint density at radius 2 is 2.20 bits per heavy atom. The van der Waals surface area contributed by atoms with Crippen molar-refractivity contribution in [2.45, 2.75) is 13.0 Å².